The van der Waals surface area contributed by atoms with Crippen molar-refractivity contribution in [3.63, 3.8) is 0 Å². The third-order valence-corrected chi connectivity index (χ3v) is 5.59. The number of benzene rings is 1. The van der Waals surface area contributed by atoms with Gasteiger partial charge in [-0.05, 0) is 31.2 Å². The average molecular weight is 281 g/mol. The van der Waals surface area contributed by atoms with Crippen LogP contribution in [0, 0.1) is 12.8 Å². The second-order valence-electron chi connectivity index (χ2n) is 5.75. The predicted octanol–water partition coefficient (Wildman–Crippen LogP) is 2.43. The number of hydrogen-bond acceptors (Lipinski definition) is 3. The van der Waals surface area contributed by atoms with Gasteiger partial charge in [0, 0.05) is 6.04 Å². The average Bonchev–Trinajstić information content (AvgIpc) is 2.80. The first kappa shape index (κ1) is 14.5. The molecule has 1 aromatic carbocycles. The van der Waals surface area contributed by atoms with Crippen molar-refractivity contribution in [2.75, 3.05) is 5.75 Å². The van der Waals surface area contributed by atoms with Gasteiger partial charge in [-0.3, -0.25) is 0 Å². The minimum atomic E-state index is -3.11. The molecule has 1 saturated carbocycles. The Kier molecular flexibility index (Phi) is 4.63. The first-order valence-electron chi connectivity index (χ1n) is 6.98. The summed E-state index contributed by atoms with van der Waals surface area (Å²) in [6.45, 7) is 1.97. The summed E-state index contributed by atoms with van der Waals surface area (Å²) in [5.74, 6) is 0.619. The first-order valence-corrected chi connectivity index (χ1v) is 8.80. The zero-order valence-corrected chi connectivity index (χ0v) is 12.3. The van der Waals surface area contributed by atoms with Gasteiger partial charge in [0.25, 0.3) is 0 Å². The third kappa shape index (κ3) is 4.32. The van der Waals surface area contributed by atoms with Crippen molar-refractivity contribution >= 4 is 9.84 Å². The third-order valence-electron chi connectivity index (χ3n) is 3.92. The topological polar surface area (TPSA) is 60.2 Å². The lowest BCUT2D eigenvalue weighted by Gasteiger charge is -2.18. The van der Waals surface area contributed by atoms with Gasteiger partial charge in [-0.2, -0.15) is 0 Å². The van der Waals surface area contributed by atoms with E-state index in [1.807, 2.05) is 31.2 Å². The molecule has 0 amide bonds. The van der Waals surface area contributed by atoms with Crippen LogP contribution >= 0.6 is 0 Å². The van der Waals surface area contributed by atoms with Gasteiger partial charge in [0.05, 0.1) is 11.5 Å². The molecule has 0 heterocycles. The Balaban J connectivity index is 1.98. The van der Waals surface area contributed by atoms with Crippen LogP contribution in [0.25, 0.3) is 0 Å². The van der Waals surface area contributed by atoms with Crippen LogP contribution in [0.5, 0.6) is 0 Å². The summed E-state index contributed by atoms with van der Waals surface area (Å²) in [7, 11) is -3.11. The van der Waals surface area contributed by atoms with Gasteiger partial charge in [0.2, 0.25) is 0 Å². The first-order chi connectivity index (χ1) is 8.96. The van der Waals surface area contributed by atoms with Crippen LogP contribution in [0.3, 0.4) is 0 Å². The summed E-state index contributed by atoms with van der Waals surface area (Å²) < 4.78 is 24.4. The highest BCUT2D eigenvalue weighted by atomic mass is 32.2. The van der Waals surface area contributed by atoms with Gasteiger partial charge >= 0.3 is 0 Å². The molecule has 2 N–H and O–H groups in total. The lowest BCUT2D eigenvalue weighted by Crippen LogP contribution is -2.36. The van der Waals surface area contributed by atoms with Crippen LogP contribution in [0.2, 0.25) is 0 Å². The summed E-state index contributed by atoms with van der Waals surface area (Å²) in [6.07, 6.45) is 4.55. The van der Waals surface area contributed by atoms with E-state index in [4.69, 9.17) is 5.73 Å². The second-order valence-corrected chi connectivity index (χ2v) is 7.86. The Morgan fingerprint density at radius 2 is 2.00 bits per heavy atom. The van der Waals surface area contributed by atoms with Gasteiger partial charge < -0.3 is 5.73 Å². The van der Waals surface area contributed by atoms with Gasteiger partial charge in [-0.1, -0.05) is 42.7 Å². The molecule has 2 rings (SSSR count). The monoisotopic (exact) mass is 281 g/mol. The Morgan fingerprint density at radius 1 is 1.32 bits per heavy atom. The van der Waals surface area contributed by atoms with E-state index in [0.29, 0.717) is 5.92 Å². The highest BCUT2D eigenvalue weighted by Gasteiger charge is 2.26. The molecule has 19 heavy (non-hydrogen) atoms. The lowest BCUT2D eigenvalue weighted by atomic mass is 10.0. The van der Waals surface area contributed by atoms with E-state index in [2.05, 4.69) is 0 Å². The van der Waals surface area contributed by atoms with Crippen molar-refractivity contribution in [2.45, 2.75) is 44.4 Å². The summed E-state index contributed by atoms with van der Waals surface area (Å²) in [5.41, 5.74) is 8.02. The lowest BCUT2D eigenvalue weighted by molar-refractivity contribution is 0.454. The minimum absolute atomic E-state index is 0.106. The molecule has 0 radical (unpaired) electrons. The highest BCUT2D eigenvalue weighted by Crippen LogP contribution is 2.27. The molecule has 1 atom stereocenters. The summed E-state index contributed by atoms with van der Waals surface area (Å²) in [6, 6.07) is 7.47. The van der Waals surface area contributed by atoms with Crippen molar-refractivity contribution in [3.05, 3.63) is 35.4 Å². The van der Waals surface area contributed by atoms with Gasteiger partial charge in [0.15, 0.2) is 9.84 Å². The Morgan fingerprint density at radius 3 is 2.63 bits per heavy atom. The maximum atomic E-state index is 12.2. The number of aryl methyl sites for hydroxylation is 1. The number of hydrogen-bond donors (Lipinski definition) is 1. The highest BCUT2D eigenvalue weighted by molar-refractivity contribution is 7.90. The van der Waals surface area contributed by atoms with Crippen LogP contribution in [0.4, 0.5) is 0 Å². The molecule has 1 unspecified atom stereocenters. The zero-order chi connectivity index (χ0) is 13.9. The largest absolute Gasteiger partial charge is 0.327 e. The van der Waals surface area contributed by atoms with Gasteiger partial charge in [0.1, 0.15) is 0 Å². The standard InChI is InChI=1S/C15H23NO2S/c1-12-5-4-6-13(9-12)10-19(17,18)11-15(16)14-7-2-3-8-14/h4-6,9,14-15H,2-3,7-8,10-11,16H2,1H3. The summed E-state index contributed by atoms with van der Waals surface area (Å²) >= 11 is 0. The van der Waals surface area contributed by atoms with Crippen LogP contribution < -0.4 is 5.73 Å². The smallest absolute Gasteiger partial charge is 0.155 e. The summed E-state index contributed by atoms with van der Waals surface area (Å²) in [4.78, 5) is 0. The fourth-order valence-electron chi connectivity index (χ4n) is 2.93. The predicted molar refractivity (Wildman–Crippen MR) is 78.6 cm³/mol. The van der Waals surface area contributed by atoms with E-state index in [9.17, 15) is 8.42 Å². The maximum Gasteiger partial charge on any atom is 0.155 e. The molecule has 1 fully saturated rings. The quantitative estimate of drug-likeness (QED) is 0.901. The molecule has 0 aromatic heterocycles. The van der Waals surface area contributed by atoms with Crippen LogP contribution in [-0.2, 0) is 15.6 Å². The molecular weight excluding hydrogens is 258 g/mol. The molecule has 0 aliphatic heterocycles. The van der Waals surface area contributed by atoms with Crippen LogP contribution in [0.15, 0.2) is 24.3 Å². The van der Waals surface area contributed by atoms with Crippen molar-refractivity contribution in [3.8, 4) is 0 Å². The fourth-order valence-corrected chi connectivity index (χ4v) is 4.59. The van der Waals surface area contributed by atoms with E-state index in [-0.39, 0.29) is 17.5 Å². The van der Waals surface area contributed by atoms with Crippen LogP contribution in [0.1, 0.15) is 36.8 Å². The molecule has 1 aromatic rings. The molecule has 3 nitrogen and oxygen atoms in total. The SMILES string of the molecule is Cc1cccc(CS(=O)(=O)CC(N)C2CCCC2)c1. The van der Waals surface area contributed by atoms with E-state index in [1.54, 1.807) is 0 Å². The second kappa shape index (κ2) is 6.06. The van der Waals surface area contributed by atoms with Crippen molar-refractivity contribution < 1.29 is 8.42 Å². The van der Waals surface area contributed by atoms with Gasteiger partial charge in [-0.15, -0.1) is 0 Å². The molecule has 0 bridgehead atoms. The Hall–Kier alpha value is -0.870. The number of sulfone groups is 1. The molecule has 1 aliphatic rings. The molecule has 0 spiro atoms. The Labute approximate surface area is 116 Å². The van der Waals surface area contributed by atoms with E-state index >= 15 is 0 Å². The molecular formula is C15H23NO2S. The van der Waals surface area contributed by atoms with Crippen molar-refractivity contribution in [1.82, 2.24) is 0 Å². The zero-order valence-electron chi connectivity index (χ0n) is 11.5. The van der Waals surface area contributed by atoms with Gasteiger partial charge in [-0.25, -0.2) is 8.42 Å². The minimum Gasteiger partial charge on any atom is -0.327 e. The summed E-state index contributed by atoms with van der Waals surface area (Å²) in [5, 5.41) is 0. The van der Waals surface area contributed by atoms with E-state index < -0.39 is 9.84 Å². The van der Waals surface area contributed by atoms with Crippen molar-refractivity contribution in [2.24, 2.45) is 11.7 Å². The molecule has 106 valence electrons. The van der Waals surface area contributed by atoms with E-state index in [0.717, 1.165) is 24.0 Å². The number of nitrogens with two attached hydrogens (primary N) is 1. The maximum absolute atomic E-state index is 12.2. The van der Waals surface area contributed by atoms with Crippen molar-refractivity contribution in [1.29, 1.82) is 0 Å². The number of rotatable bonds is 5. The van der Waals surface area contributed by atoms with Crippen LogP contribution in [-0.4, -0.2) is 20.2 Å². The molecule has 4 heteroatoms. The fraction of sp³-hybridized carbons (Fsp3) is 0.600. The normalized spacial score (nSPS) is 18.6. The molecule has 1 aliphatic carbocycles. The van der Waals surface area contributed by atoms with E-state index in [1.165, 1.54) is 12.8 Å². The Bertz CT molecular complexity index is 519. The molecule has 0 saturated heterocycles.